The third-order valence-electron chi connectivity index (χ3n) is 3.15. The van der Waals surface area contributed by atoms with Gasteiger partial charge in [-0.05, 0) is 26.0 Å². The summed E-state index contributed by atoms with van der Waals surface area (Å²) in [5, 5.41) is 9.46. The number of nitrogens with zero attached hydrogens (tertiary/aromatic N) is 1. The molecule has 1 rings (SSSR count). The van der Waals surface area contributed by atoms with Gasteiger partial charge in [-0.3, -0.25) is 9.79 Å². The van der Waals surface area contributed by atoms with E-state index in [-0.39, 0.29) is 35.8 Å². The quantitative estimate of drug-likeness (QED) is 0.258. The van der Waals surface area contributed by atoms with E-state index in [9.17, 15) is 4.79 Å². The average molecular weight is 452 g/mol. The van der Waals surface area contributed by atoms with Gasteiger partial charge in [-0.25, -0.2) is 0 Å². The number of rotatable bonds is 7. The Kier molecular flexibility index (Phi) is 11.2. The third-order valence-corrected chi connectivity index (χ3v) is 4.17. The predicted octanol–water partition coefficient (Wildman–Crippen LogP) is 2.54. The van der Waals surface area contributed by atoms with Gasteiger partial charge in [0.25, 0.3) is 0 Å². The standard InChI is InChI=1S/C16H28N4OS.HI/c1-11(2)15(21)18-8-9-19-16(17-5)20-12(3)10-14-7-6-13(4)22-14;/h6-7,11-12H,8-10H2,1-5H3,(H,18,21)(H2,17,19,20);1H. The second kappa shape index (κ2) is 11.7. The van der Waals surface area contributed by atoms with Crippen LogP contribution in [0, 0.1) is 12.8 Å². The Morgan fingerprint density at radius 3 is 2.39 bits per heavy atom. The monoisotopic (exact) mass is 452 g/mol. The zero-order chi connectivity index (χ0) is 16.5. The summed E-state index contributed by atoms with van der Waals surface area (Å²) < 4.78 is 0. The molecule has 0 spiro atoms. The minimum absolute atomic E-state index is 0. The lowest BCUT2D eigenvalue weighted by Crippen LogP contribution is -2.45. The van der Waals surface area contributed by atoms with Crippen LogP contribution in [0.3, 0.4) is 0 Å². The first-order valence-electron chi connectivity index (χ1n) is 7.72. The molecule has 0 aliphatic carbocycles. The van der Waals surface area contributed by atoms with Gasteiger partial charge >= 0.3 is 0 Å². The lowest BCUT2D eigenvalue weighted by molar-refractivity contribution is -0.123. The second-order valence-corrected chi connectivity index (χ2v) is 7.08. The first kappa shape index (κ1) is 22.2. The number of nitrogens with one attached hydrogen (secondary N) is 3. The highest BCUT2D eigenvalue weighted by molar-refractivity contribution is 14.0. The van der Waals surface area contributed by atoms with Gasteiger partial charge in [0.1, 0.15) is 0 Å². The lowest BCUT2D eigenvalue weighted by Gasteiger charge is -2.17. The van der Waals surface area contributed by atoms with Gasteiger partial charge in [0.15, 0.2) is 5.96 Å². The zero-order valence-electron chi connectivity index (χ0n) is 14.6. The highest BCUT2D eigenvalue weighted by atomic mass is 127. The molecule has 1 atom stereocenters. The molecule has 0 fully saturated rings. The van der Waals surface area contributed by atoms with Crippen molar-refractivity contribution < 1.29 is 4.79 Å². The number of hydrogen-bond acceptors (Lipinski definition) is 3. The molecular weight excluding hydrogens is 423 g/mol. The summed E-state index contributed by atoms with van der Waals surface area (Å²) in [6, 6.07) is 4.63. The van der Waals surface area contributed by atoms with Crippen LogP contribution in [0.15, 0.2) is 17.1 Å². The van der Waals surface area contributed by atoms with Crippen LogP contribution in [0.25, 0.3) is 0 Å². The van der Waals surface area contributed by atoms with Crippen molar-refractivity contribution in [2.24, 2.45) is 10.9 Å². The Labute approximate surface area is 160 Å². The summed E-state index contributed by atoms with van der Waals surface area (Å²) in [6.07, 6.45) is 0.975. The van der Waals surface area contributed by atoms with Crippen LogP contribution >= 0.6 is 35.3 Å². The van der Waals surface area contributed by atoms with Crippen molar-refractivity contribution >= 4 is 47.2 Å². The van der Waals surface area contributed by atoms with Crippen LogP contribution < -0.4 is 16.0 Å². The summed E-state index contributed by atoms with van der Waals surface area (Å²) in [4.78, 5) is 18.4. The van der Waals surface area contributed by atoms with E-state index in [1.54, 1.807) is 7.05 Å². The minimum atomic E-state index is 0. The molecule has 0 bridgehead atoms. The van der Waals surface area contributed by atoms with Crippen LogP contribution in [0.4, 0.5) is 0 Å². The van der Waals surface area contributed by atoms with Gasteiger partial charge < -0.3 is 16.0 Å². The maximum atomic E-state index is 11.5. The van der Waals surface area contributed by atoms with E-state index in [4.69, 9.17) is 0 Å². The molecule has 0 aromatic carbocycles. The molecule has 0 radical (unpaired) electrons. The van der Waals surface area contributed by atoms with Crippen LogP contribution in [0.2, 0.25) is 0 Å². The van der Waals surface area contributed by atoms with Crippen molar-refractivity contribution in [3.63, 3.8) is 0 Å². The fourth-order valence-electron chi connectivity index (χ4n) is 1.95. The number of aliphatic imine (C=N–C) groups is 1. The van der Waals surface area contributed by atoms with Crippen LogP contribution in [0.5, 0.6) is 0 Å². The third kappa shape index (κ3) is 9.14. The number of hydrogen-bond donors (Lipinski definition) is 3. The van der Waals surface area contributed by atoms with E-state index in [1.165, 1.54) is 9.75 Å². The van der Waals surface area contributed by atoms with Crippen molar-refractivity contribution in [2.45, 2.75) is 40.2 Å². The van der Waals surface area contributed by atoms with Crippen molar-refractivity contribution in [3.05, 3.63) is 21.9 Å². The molecule has 5 nitrogen and oxygen atoms in total. The maximum absolute atomic E-state index is 11.5. The van der Waals surface area contributed by atoms with Gasteiger partial charge in [-0.1, -0.05) is 13.8 Å². The Morgan fingerprint density at radius 1 is 1.22 bits per heavy atom. The van der Waals surface area contributed by atoms with Gasteiger partial charge in [-0.15, -0.1) is 35.3 Å². The maximum Gasteiger partial charge on any atom is 0.222 e. The Hall–Kier alpha value is -0.830. The Morgan fingerprint density at radius 2 is 1.87 bits per heavy atom. The fourth-order valence-corrected chi connectivity index (χ4v) is 2.97. The summed E-state index contributed by atoms with van der Waals surface area (Å²) in [5.74, 6) is 0.859. The fraction of sp³-hybridized carbons (Fsp3) is 0.625. The molecule has 0 saturated carbocycles. The molecule has 1 aromatic heterocycles. The largest absolute Gasteiger partial charge is 0.355 e. The molecule has 23 heavy (non-hydrogen) atoms. The van der Waals surface area contributed by atoms with E-state index in [1.807, 2.05) is 25.2 Å². The molecule has 1 heterocycles. The molecule has 132 valence electrons. The summed E-state index contributed by atoms with van der Waals surface area (Å²) in [7, 11) is 1.75. The average Bonchev–Trinajstić information content (AvgIpc) is 2.86. The number of carbonyl (C=O) groups excluding carboxylic acids is 1. The zero-order valence-corrected chi connectivity index (χ0v) is 17.7. The number of thiophene rings is 1. The van der Waals surface area contributed by atoms with Crippen LogP contribution in [-0.2, 0) is 11.2 Å². The highest BCUT2D eigenvalue weighted by Crippen LogP contribution is 2.16. The molecular formula is C16H29IN4OS. The van der Waals surface area contributed by atoms with Crippen LogP contribution in [0.1, 0.15) is 30.5 Å². The lowest BCUT2D eigenvalue weighted by atomic mass is 10.2. The number of guanidine groups is 1. The number of amides is 1. The molecule has 1 aromatic rings. The number of halogens is 1. The number of carbonyl (C=O) groups is 1. The predicted molar refractivity (Wildman–Crippen MR) is 110 cm³/mol. The molecule has 0 saturated heterocycles. The van der Waals surface area contributed by atoms with E-state index in [0.717, 1.165) is 12.4 Å². The topological polar surface area (TPSA) is 65.5 Å². The van der Waals surface area contributed by atoms with Gasteiger partial charge in [-0.2, -0.15) is 0 Å². The molecule has 1 unspecified atom stereocenters. The summed E-state index contributed by atoms with van der Waals surface area (Å²) in [6.45, 7) is 9.29. The summed E-state index contributed by atoms with van der Waals surface area (Å²) >= 11 is 1.83. The normalized spacial score (nSPS) is 12.5. The van der Waals surface area contributed by atoms with E-state index in [2.05, 4.69) is 46.9 Å². The molecule has 0 aliphatic heterocycles. The molecule has 0 aliphatic rings. The van der Waals surface area contributed by atoms with Crippen molar-refractivity contribution in [3.8, 4) is 0 Å². The van der Waals surface area contributed by atoms with E-state index < -0.39 is 0 Å². The minimum Gasteiger partial charge on any atom is -0.355 e. The molecule has 7 heteroatoms. The van der Waals surface area contributed by atoms with Crippen LogP contribution in [-0.4, -0.2) is 38.0 Å². The number of aryl methyl sites for hydroxylation is 1. The van der Waals surface area contributed by atoms with Crippen molar-refractivity contribution in [1.29, 1.82) is 0 Å². The Bertz CT molecular complexity index is 502. The Balaban J connectivity index is 0.00000484. The van der Waals surface area contributed by atoms with Crippen molar-refractivity contribution in [1.82, 2.24) is 16.0 Å². The first-order chi connectivity index (χ1) is 10.4. The summed E-state index contributed by atoms with van der Waals surface area (Å²) in [5.41, 5.74) is 0. The molecule has 3 N–H and O–H groups in total. The smallest absolute Gasteiger partial charge is 0.222 e. The first-order valence-corrected chi connectivity index (χ1v) is 8.54. The highest BCUT2D eigenvalue weighted by Gasteiger charge is 2.08. The molecule has 1 amide bonds. The van der Waals surface area contributed by atoms with Crippen molar-refractivity contribution in [2.75, 3.05) is 20.1 Å². The van der Waals surface area contributed by atoms with E-state index in [0.29, 0.717) is 19.1 Å². The van der Waals surface area contributed by atoms with E-state index >= 15 is 0 Å². The second-order valence-electron chi connectivity index (χ2n) is 5.71. The van der Waals surface area contributed by atoms with Gasteiger partial charge in [0, 0.05) is 48.3 Å². The van der Waals surface area contributed by atoms with Gasteiger partial charge in [0.2, 0.25) is 5.91 Å². The van der Waals surface area contributed by atoms with Gasteiger partial charge in [0.05, 0.1) is 0 Å². The SMILES string of the molecule is CN=C(NCCNC(=O)C(C)C)NC(C)Cc1ccc(C)s1.I.